The summed E-state index contributed by atoms with van der Waals surface area (Å²) >= 11 is 12.2. The first kappa shape index (κ1) is 17.0. The topological polar surface area (TPSA) is 97.1 Å². The number of nitrogens with one attached hydrogen (secondary N) is 2. The van der Waals surface area contributed by atoms with Crippen molar-refractivity contribution in [2.45, 2.75) is 0 Å². The average Bonchev–Trinajstić information content (AvgIpc) is 2.58. The zero-order chi connectivity index (χ0) is 18.0. The van der Waals surface area contributed by atoms with Crippen molar-refractivity contribution in [3.63, 3.8) is 0 Å². The van der Waals surface area contributed by atoms with Gasteiger partial charge in [-0.1, -0.05) is 35.3 Å². The molecule has 8 heteroatoms. The van der Waals surface area contributed by atoms with Gasteiger partial charge in [-0.15, -0.1) is 0 Å². The highest BCUT2D eigenvalue weighted by molar-refractivity contribution is 6.45. The van der Waals surface area contributed by atoms with Crippen LogP contribution in [0.4, 0.5) is 16.3 Å². The number of rotatable bonds is 3. The SMILES string of the molecule is NC(=O)Nc1cccc(C(=O)Nc2ccc3ccc(Cl)c(Cl)c3n2)c1. The standard InChI is InChI=1S/C17H12Cl2N4O2/c18-12-6-4-9-5-7-13(22-15(9)14(12)19)23-16(24)10-2-1-3-11(8-10)21-17(20)25/h1-8H,(H3,20,21,25)(H,22,23,24). The Morgan fingerprint density at radius 3 is 2.52 bits per heavy atom. The maximum atomic E-state index is 12.4. The predicted molar refractivity (Wildman–Crippen MR) is 99.4 cm³/mol. The van der Waals surface area contributed by atoms with Crippen LogP contribution in [0.5, 0.6) is 0 Å². The number of anilines is 2. The Morgan fingerprint density at radius 2 is 1.76 bits per heavy atom. The van der Waals surface area contributed by atoms with Crippen molar-refractivity contribution in [3.8, 4) is 0 Å². The molecule has 3 amide bonds. The maximum absolute atomic E-state index is 12.4. The van der Waals surface area contributed by atoms with E-state index in [0.29, 0.717) is 32.6 Å². The fourth-order valence-corrected chi connectivity index (χ4v) is 2.63. The first-order valence-corrected chi connectivity index (χ1v) is 7.92. The molecule has 0 fully saturated rings. The van der Waals surface area contributed by atoms with Crippen molar-refractivity contribution in [3.05, 3.63) is 64.1 Å². The van der Waals surface area contributed by atoms with Crippen LogP contribution in [0, 0.1) is 0 Å². The van der Waals surface area contributed by atoms with Crippen LogP contribution < -0.4 is 16.4 Å². The number of fused-ring (bicyclic) bond motifs is 1. The lowest BCUT2D eigenvalue weighted by Crippen LogP contribution is -2.20. The zero-order valence-electron chi connectivity index (χ0n) is 12.7. The van der Waals surface area contributed by atoms with Crippen molar-refractivity contribution in [1.82, 2.24) is 4.98 Å². The van der Waals surface area contributed by atoms with E-state index in [9.17, 15) is 9.59 Å². The molecule has 0 aliphatic rings. The van der Waals surface area contributed by atoms with Crippen LogP contribution >= 0.6 is 23.2 Å². The van der Waals surface area contributed by atoms with E-state index in [2.05, 4.69) is 15.6 Å². The Balaban J connectivity index is 1.87. The number of hydrogen-bond donors (Lipinski definition) is 3. The number of pyridine rings is 1. The van der Waals surface area contributed by atoms with Crippen LogP contribution in [0.3, 0.4) is 0 Å². The van der Waals surface area contributed by atoms with Crippen LogP contribution in [0.1, 0.15) is 10.4 Å². The number of benzene rings is 2. The summed E-state index contributed by atoms with van der Waals surface area (Å²) in [5, 5.41) is 6.61. The molecule has 25 heavy (non-hydrogen) atoms. The second-order valence-electron chi connectivity index (χ2n) is 5.15. The van der Waals surface area contributed by atoms with E-state index in [1.807, 2.05) is 0 Å². The number of primary amides is 1. The van der Waals surface area contributed by atoms with Crippen molar-refractivity contribution >= 4 is 57.5 Å². The van der Waals surface area contributed by atoms with Crippen LogP contribution in [0.25, 0.3) is 10.9 Å². The number of carbonyl (C=O) groups is 2. The summed E-state index contributed by atoms with van der Waals surface area (Å²) in [5.74, 6) is -0.0620. The fourth-order valence-electron chi connectivity index (χ4n) is 2.27. The highest BCUT2D eigenvalue weighted by Gasteiger charge is 2.11. The third kappa shape index (κ3) is 3.81. The van der Waals surface area contributed by atoms with E-state index in [1.165, 1.54) is 6.07 Å². The molecule has 0 aliphatic heterocycles. The number of halogens is 2. The monoisotopic (exact) mass is 374 g/mol. The Bertz CT molecular complexity index is 992. The second kappa shape index (κ2) is 6.96. The molecule has 0 radical (unpaired) electrons. The molecule has 4 N–H and O–H groups in total. The molecular formula is C17H12Cl2N4O2. The zero-order valence-corrected chi connectivity index (χ0v) is 14.2. The molecule has 6 nitrogen and oxygen atoms in total. The molecule has 0 saturated carbocycles. The van der Waals surface area contributed by atoms with Crippen molar-refractivity contribution in [2.24, 2.45) is 5.73 Å². The smallest absolute Gasteiger partial charge is 0.316 e. The molecule has 1 aromatic heterocycles. The number of carbonyl (C=O) groups excluding carboxylic acids is 2. The molecule has 0 spiro atoms. The van der Waals surface area contributed by atoms with Gasteiger partial charge in [-0.2, -0.15) is 0 Å². The lowest BCUT2D eigenvalue weighted by Gasteiger charge is -2.08. The van der Waals surface area contributed by atoms with Gasteiger partial charge in [0, 0.05) is 16.6 Å². The minimum absolute atomic E-state index is 0.322. The first-order chi connectivity index (χ1) is 11.9. The van der Waals surface area contributed by atoms with Gasteiger partial charge in [0.05, 0.1) is 15.6 Å². The molecule has 0 bridgehead atoms. The van der Waals surface area contributed by atoms with Crippen LogP contribution in [-0.2, 0) is 0 Å². The van der Waals surface area contributed by atoms with Crippen LogP contribution in [0.15, 0.2) is 48.5 Å². The molecular weight excluding hydrogens is 363 g/mol. The summed E-state index contributed by atoms with van der Waals surface area (Å²) in [6.45, 7) is 0. The largest absolute Gasteiger partial charge is 0.351 e. The molecule has 0 aliphatic carbocycles. The molecule has 0 saturated heterocycles. The molecule has 0 atom stereocenters. The quantitative estimate of drug-likeness (QED) is 0.637. The second-order valence-corrected chi connectivity index (χ2v) is 5.94. The van der Waals surface area contributed by atoms with Gasteiger partial charge in [0.15, 0.2) is 0 Å². The molecule has 1 heterocycles. The summed E-state index contributed by atoms with van der Waals surface area (Å²) in [5.41, 5.74) is 6.32. The number of amides is 3. The Labute approximate surface area is 152 Å². The third-order valence-electron chi connectivity index (χ3n) is 3.39. The number of nitrogens with zero attached hydrogens (tertiary/aromatic N) is 1. The highest BCUT2D eigenvalue weighted by Crippen LogP contribution is 2.30. The normalized spacial score (nSPS) is 10.5. The van der Waals surface area contributed by atoms with Crippen molar-refractivity contribution in [2.75, 3.05) is 10.6 Å². The van der Waals surface area contributed by atoms with E-state index in [-0.39, 0.29) is 0 Å². The average molecular weight is 375 g/mol. The Morgan fingerprint density at radius 1 is 1.00 bits per heavy atom. The van der Waals surface area contributed by atoms with E-state index >= 15 is 0 Å². The van der Waals surface area contributed by atoms with E-state index in [4.69, 9.17) is 28.9 Å². The maximum Gasteiger partial charge on any atom is 0.316 e. The van der Waals surface area contributed by atoms with Gasteiger partial charge in [-0.3, -0.25) is 4.79 Å². The Hall–Kier alpha value is -2.83. The molecule has 2 aromatic carbocycles. The van der Waals surface area contributed by atoms with Gasteiger partial charge >= 0.3 is 6.03 Å². The van der Waals surface area contributed by atoms with Crippen LogP contribution in [0.2, 0.25) is 10.0 Å². The minimum Gasteiger partial charge on any atom is -0.351 e. The highest BCUT2D eigenvalue weighted by atomic mass is 35.5. The van der Waals surface area contributed by atoms with Gasteiger partial charge in [-0.05, 0) is 36.4 Å². The molecule has 3 rings (SSSR count). The van der Waals surface area contributed by atoms with Gasteiger partial charge in [-0.25, -0.2) is 9.78 Å². The van der Waals surface area contributed by atoms with Crippen LogP contribution in [-0.4, -0.2) is 16.9 Å². The summed E-state index contributed by atoms with van der Waals surface area (Å²) in [7, 11) is 0. The molecule has 3 aromatic rings. The number of urea groups is 1. The lowest BCUT2D eigenvalue weighted by atomic mass is 10.2. The van der Waals surface area contributed by atoms with E-state index in [0.717, 1.165) is 5.39 Å². The van der Waals surface area contributed by atoms with Gasteiger partial charge in [0.2, 0.25) is 0 Å². The first-order valence-electron chi connectivity index (χ1n) is 7.16. The van der Waals surface area contributed by atoms with Crippen molar-refractivity contribution < 1.29 is 9.59 Å². The summed E-state index contributed by atoms with van der Waals surface area (Å²) in [6, 6.07) is 12.6. The summed E-state index contributed by atoms with van der Waals surface area (Å²) in [4.78, 5) is 27.6. The summed E-state index contributed by atoms with van der Waals surface area (Å²) < 4.78 is 0. The number of aromatic nitrogens is 1. The van der Waals surface area contributed by atoms with Crippen molar-refractivity contribution in [1.29, 1.82) is 0 Å². The third-order valence-corrected chi connectivity index (χ3v) is 4.18. The predicted octanol–water partition coefficient (Wildman–Crippen LogP) is 4.28. The molecule has 0 unspecified atom stereocenters. The number of hydrogen-bond acceptors (Lipinski definition) is 3. The van der Waals surface area contributed by atoms with E-state index < -0.39 is 11.9 Å². The summed E-state index contributed by atoms with van der Waals surface area (Å²) in [6.07, 6.45) is 0. The minimum atomic E-state index is -0.708. The van der Waals surface area contributed by atoms with Gasteiger partial charge in [0.25, 0.3) is 5.91 Å². The van der Waals surface area contributed by atoms with Gasteiger partial charge in [0.1, 0.15) is 5.82 Å². The van der Waals surface area contributed by atoms with E-state index in [1.54, 1.807) is 42.5 Å². The number of nitrogens with two attached hydrogens (primary N) is 1. The lowest BCUT2D eigenvalue weighted by molar-refractivity contribution is 0.102. The molecule has 126 valence electrons. The fraction of sp³-hybridized carbons (Fsp3) is 0. The van der Waals surface area contributed by atoms with Gasteiger partial charge < -0.3 is 16.4 Å². The Kier molecular flexibility index (Phi) is 4.74.